The van der Waals surface area contributed by atoms with Crippen molar-refractivity contribution >= 4 is 23.6 Å². The molecule has 2 heterocycles. The summed E-state index contributed by atoms with van der Waals surface area (Å²) in [5.41, 5.74) is 6.57. The van der Waals surface area contributed by atoms with Crippen LogP contribution in [-0.2, 0) is 16.1 Å². The van der Waals surface area contributed by atoms with Crippen LogP contribution in [0.1, 0.15) is 39.1 Å². The largest absolute Gasteiger partial charge is 0.390 e. The van der Waals surface area contributed by atoms with Gasteiger partial charge in [0.1, 0.15) is 6.04 Å². The molecule has 5 N–H and O–H groups in total. The number of aliphatic hydroxyl groups is 1. The van der Waals surface area contributed by atoms with Gasteiger partial charge in [-0.2, -0.15) is 0 Å². The van der Waals surface area contributed by atoms with Crippen LogP contribution in [0.3, 0.4) is 0 Å². The first-order valence-corrected chi connectivity index (χ1v) is 8.35. The van der Waals surface area contributed by atoms with Crippen LogP contribution in [0.2, 0.25) is 0 Å². The summed E-state index contributed by atoms with van der Waals surface area (Å²) in [6.45, 7) is 0.845. The topological polar surface area (TPSA) is 142 Å². The van der Waals surface area contributed by atoms with Crippen molar-refractivity contribution in [3.63, 3.8) is 0 Å². The second kappa shape index (κ2) is 7.32. The number of nitrogens with zero attached hydrogens (tertiary/aromatic N) is 1. The van der Waals surface area contributed by atoms with E-state index in [-0.39, 0.29) is 30.5 Å². The Balaban J connectivity index is 1.75. The predicted molar refractivity (Wildman–Crippen MR) is 89.9 cm³/mol. The molecule has 9 heteroatoms. The molecule has 1 aromatic rings. The highest BCUT2D eigenvalue weighted by atomic mass is 16.3. The minimum absolute atomic E-state index is 0.0858. The van der Waals surface area contributed by atoms with Crippen LogP contribution in [-0.4, -0.2) is 58.9 Å². The average Bonchev–Trinajstić information content (AvgIpc) is 2.86. The molecule has 138 valence electrons. The summed E-state index contributed by atoms with van der Waals surface area (Å²) in [6.07, 6.45) is -0.445. The van der Waals surface area contributed by atoms with Crippen molar-refractivity contribution < 1.29 is 24.3 Å². The highest BCUT2D eigenvalue weighted by molar-refractivity contribution is 6.23. The van der Waals surface area contributed by atoms with E-state index < -0.39 is 35.8 Å². The van der Waals surface area contributed by atoms with Gasteiger partial charge in [0.05, 0.1) is 17.2 Å². The van der Waals surface area contributed by atoms with Crippen LogP contribution in [0.15, 0.2) is 18.2 Å². The fourth-order valence-electron chi connectivity index (χ4n) is 3.09. The van der Waals surface area contributed by atoms with Crippen molar-refractivity contribution in [2.24, 2.45) is 5.73 Å². The molecule has 1 unspecified atom stereocenters. The first-order valence-electron chi connectivity index (χ1n) is 8.35. The van der Waals surface area contributed by atoms with Crippen molar-refractivity contribution in [1.29, 1.82) is 0 Å². The number of aliphatic hydroxyl groups excluding tert-OH is 1. The maximum atomic E-state index is 12.7. The SMILES string of the molecule is NC[C@H](O)CNCc1ccc2c(c1)C(=O)N(C1CCC(=O)NC1=O)C2=O. The van der Waals surface area contributed by atoms with Gasteiger partial charge >= 0.3 is 0 Å². The number of imide groups is 2. The van der Waals surface area contributed by atoms with E-state index in [9.17, 15) is 24.3 Å². The highest BCUT2D eigenvalue weighted by Gasteiger charge is 2.44. The summed E-state index contributed by atoms with van der Waals surface area (Å²) in [5.74, 6) is -2.11. The van der Waals surface area contributed by atoms with Crippen LogP contribution in [0, 0.1) is 0 Å². The van der Waals surface area contributed by atoms with E-state index in [0.29, 0.717) is 13.1 Å². The van der Waals surface area contributed by atoms with Crippen molar-refractivity contribution in [3.8, 4) is 0 Å². The second-order valence-corrected chi connectivity index (χ2v) is 6.35. The minimum Gasteiger partial charge on any atom is -0.390 e. The number of rotatable bonds is 6. The third kappa shape index (κ3) is 3.36. The smallest absolute Gasteiger partial charge is 0.262 e. The molecule has 2 aliphatic heterocycles. The molecule has 0 aromatic heterocycles. The van der Waals surface area contributed by atoms with E-state index in [1.807, 2.05) is 0 Å². The number of carbonyl (C=O) groups is 4. The van der Waals surface area contributed by atoms with E-state index in [0.717, 1.165) is 10.5 Å². The Hall–Kier alpha value is -2.62. The predicted octanol–water partition coefficient (Wildman–Crippen LogP) is -1.50. The molecule has 3 rings (SSSR count). The Kier molecular flexibility index (Phi) is 5.12. The van der Waals surface area contributed by atoms with Gasteiger partial charge in [0.2, 0.25) is 11.8 Å². The van der Waals surface area contributed by atoms with E-state index in [1.54, 1.807) is 18.2 Å². The monoisotopic (exact) mass is 360 g/mol. The lowest BCUT2D eigenvalue weighted by molar-refractivity contribution is -0.136. The van der Waals surface area contributed by atoms with Crippen LogP contribution in [0.4, 0.5) is 0 Å². The number of hydrogen-bond acceptors (Lipinski definition) is 7. The van der Waals surface area contributed by atoms with E-state index >= 15 is 0 Å². The molecule has 1 aromatic carbocycles. The molecule has 0 aliphatic carbocycles. The Morgan fingerprint density at radius 3 is 2.65 bits per heavy atom. The zero-order valence-electron chi connectivity index (χ0n) is 14.0. The standard InChI is InChI=1S/C17H20N4O5/c18-6-10(22)8-19-7-9-1-2-11-12(5-9)17(26)21(16(11)25)13-3-4-14(23)20-15(13)24/h1-2,5,10,13,19,22H,3-4,6-8,18H2,(H,20,23,24)/t10-,13?/m0/s1. The molecular formula is C17H20N4O5. The van der Waals surface area contributed by atoms with Gasteiger partial charge in [-0.05, 0) is 24.1 Å². The average molecular weight is 360 g/mol. The molecule has 0 radical (unpaired) electrons. The van der Waals surface area contributed by atoms with E-state index in [1.165, 1.54) is 0 Å². The molecule has 1 saturated heterocycles. The zero-order chi connectivity index (χ0) is 18.8. The van der Waals surface area contributed by atoms with Crippen molar-refractivity contribution in [2.45, 2.75) is 31.5 Å². The van der Waals surface area contributed by atoms with Crippen molar-refractivity contribution in [1.82, 2.24) is 15.5 Å². The molecule has 2 aliphatic rings. The van der Waals surface area contributed by atoms with Gasteiger partial charge in [0.25, 0.3) is 11.8 Å². The second-order valence-electron chi connectivity index (χ2n) is 6.35. The van der Waals surface area contributed by atoms with E-state index in [2.05, 4.69) is 10.6 Å². The Labute approximate surface area is 149 Å². The van der Waals surface area contributed by atoms with Gasteiger partial charge in [-0.1, -0.05) is 6.07 Å². The van der Waals surface area contributed by atoms with Crippen LogP contribution >= 0.6 is 0 Å². The number of nitrogens with one attached hydrogen (secondary N) is 2. The van der Waals surface area contributed by atoms with Gasteiger partial charge in [-0.15, -0.1) is 0 Å². The first-order chi connectivity index (χ1) is 12.4. The summed E-state index contributed by atoms with van der Waals surface area (Å²) in [6, 6.07) is 3.89. The summed E-state index contributed by atoms with van der Waals surface area (Å²) < 4.78 is 0. The number of nitrogens with two attached hydrogens (primary N) is 1. The summed E-state index contributed by atoms with van der Waals surface area (Å²) in [5, 5.41) is 14.6. The molecule has 9 nitrogen and oxygen atoms in total. The Morgan fingerprint density at radius 1 is 1.23 bits per heavy atom. The fraction of sp³-hybridized carbons (Fsp3) is 0.412. The van der Waals surface area contributed by atoms with Gasteiger partial charge in [-0.3, -0.25) is 29.4 Å². The number of benzene rings is 1. The molecular weight excluding hydrogens is 340 g/mol. The summed E-state index contributed by atoms with van der Waals surface area (Å²) >= 11 is 0. The van der Waals surface area contributed by atoms with Crippen LogP contribution in [0.5, 0.6) is 0 Å². The highest BCUT2D eigenvalue weighted by Crippen LogP contribution is 2.28. The van der Waals surface area contributed by atoms with Gasteiger partial charge in [0, 0.05) is 26.1 Å². The number of hydrogen-bond donors (Lipinski definition) is 4. The van der Waals surface area contributed by atoms with E-state index in [4.69, 9.17) is 5.73 Å². The molecule has 1 fully saturated rings. The quantitative estimate of drug-likeness (QED) is 0.452. The van der Waals surface area contributed by atoms with Gasteiger partial charge in [-0.25, -0.2) is 0 Å². The summed E-state index contributed by atoms with van der Waals surface area (Å²) in [4.78, 5) is 49.5. The molecule has 0 saturated carbocycles. The number of carbonyl (C=O) groups excluding carboxylic acids is 4. The van der Waals surface area contributed by atoms with Crippen LogP contribution in [0.25, 0.3) is 0 Å². The molecule has 0 spiro atoms. The number of amides is 4. The fourth-order valence-corrected chi connectivity index (χ4v) is 3.09. The Bertz CT molecular complexity index is 778. The van der Waals surface area contributed by atoms with Gasteiger partial charge in [0.15, 0.2) is 0 Å². The Morgan fingerprint density at radius 2 is 1.96 bits per heavy atom. The summed E-state index contributed by atoms with van der Waals surface area (Å²) in [7, 11) is 0. The zero-order valence-corrected chi connectivity index (χ0v) is 14.0. The maximum Gasteiger partial charge on any atom is 0.262 e. The first kappa shape index (κ1) is 18.2. The normalized spacial score (nSPS) is 21.0. The third-order valence-electron chi connectivity index (χ3n) is 4.49. The van der Waals surface area contributed by atoms with Crippen molar-refractivity contribution in [3.05, 3.63) is 34.9 Å². The molecule has 0 bridgehead atoms. The molecule has 26 heavy (non-hydrogen) atoms. The maximum absolute atomic E-state index is 12.7. The molecule has 4 amide bonds. The van der Waals surface area contributed by atoms with Crippen LogP contribution < -0.4 is 16.4 Å². The lowest BCUT2D eigenvalue weighted by Gasteiger charge is -2.27. The van der Waals surface area contributed by atoms with Crippen molar-refractivity contribution in [2.75, 3.05) is 13.1 Å². The number of piperidine rings is 1. The third-order valence-corrected chi connectivity index (χ3v) is 4.49. The van der Waals surface area contributed by atoms with Gasteiger partial charge < -0.3 is 16.2 Å². The minimum atomic E-state index is -0.971. The molecule has 2 atom stereocenters. The lowest BCUT2D eigenvalue weighted by Crippen LogP contribution is -2.54. The number of fused-ring (bicyclic) bond motifs is 1. The lowest BCUT2D eigenvalue weighted by atomic mass is 10.0.